The van der Waals surface area contributed by atoms with Gasteiger partial charge < -0.3 is 5.11 Å². The van der Waals surface area contributed by atoms with Crippen molar-refractivity contribution >= 4 is 37.2 Å². The smallest absolute Gasteiger partial charge is 0.383 e. The lowest BCUT2D eigenvalue weighted by molar-refractivity contribution is -0.144. The highest BCUT2D eigenvalue weighted by atomic mass is 32.1. The lowest BCUT2D eigenvalue weighted by Crippen LogP contribution is -2.02. The SMILES string of the molecule is O=C(O)C(=O)S.S. The van der Waals surface area contributed by atoms with Crippen LogP contribution in [0.25, 0.3) is 0 Å². The summed E-state index contributed by atoms with van der Waals surface area (Å²) in [6, 6.07) is 0. The van der Waals surface area contributed by atoms with E-state index < -0.39 is 11.1 Å². The van der Waals surface area contributed by atoms with E-state index in [1.165, 1.54) is 0 Å². The van der Waals surface area contributed by atoms with Crippen LogP contribution in [0.1, 0.15) is 0 Å². The Kier molecular flexibility index (Phi) is 5.71. The highest BCUT2D eigenvalue weighted by molar-refractivity contribution is 7.98. The van der Waals surface area contributed by atoms with E-state index in [2.05, 4.69) is 12.6 Å². The monoisotopic (exact) mass is 140 g/mol. The molecule has 1 N–H and O–H groups in total. The van der Waals surface area contributed by atoms with E-state index >= 15 is 0 Å². The van der Waals surface area contributed by atoms with Crippen molar-refractivity contribution in [1.29, 1.82) is 0 Å². The van der Waals surface area contributed by atoms with Gasteiger partial charge in [0.2, 0.25) is 0 Å². The lowest BCUT2D eigenvalue weighted by atomic mass is 10.8. The van der Waals surface area contributed by atoms with Crippen LogP contribution >= 0.6 is 26.1 Å². The lowest BCUT2D eigenvalue weighted by Gasteiger charge is -1.72. The van der Waals surface area contributed by atoms with Crippen LogP contribution < -0.4 is 0 Å². The molecule has 0 saturated heterocycles. The van der Waals surface area contributed by atoms with E-state index in [1.807, 2.05) is 0 Å². The van der Waals surface area contributed by atoms with Gasteiger partial charge >= 0.3 is 5.97 Å². The standard InChI is InChI=1S/C2H2O3S.H2S/c3-1(4)2(5)6;/h(H,3,4)(H,5,6);1H2. The van der Waals surface area contributed by atoms with Crippen LogP contribution in [0.2, 0.25) is 0 Å². The van der Waals surface area contributed by atoms with E-state index in [-0.39, 0.29) is 13.5 Å². The molecule has 0 aliphatic rings. The predicted molar refractivity (Wildman–Crippen MR) is 32.0 cm³/mol. The Balaban J connectivity index is 0. The van der Waals surface area contributed by atoms with Crippen LogP contribution in [0.3, 0.4) is 0 Å². The summed E-state index contributed by atoms with van der Waals surface area (Å²) in [5.41, 5.74) is 0. The van der Waals surface area contributed by atoms with Gasteiger partial charge in [0.15, 0.2) is 0 Å². The molecule has 0 aromatic rings. The summed E-state index contributed by atoms with van der Waals surface area (Å²) >= 11 is 2.95. The number of carbonyl (C=O) groups is 2. The molecule has 0 radical (unpaired) electrons. The fourth-order valence-electron chi connectivity index (χ4n) is 0. The topological polar surface area (TPSA) is 54.4 Å². The normalized spacial score (nSPS) is 6.43. The Morgan fingerprint density at radius 3 is 1.57 bits per heavy atom. The minimum Gasteiger partial charge on any atom is -0.475 e. The predicted octanol–water partition coefficient (Wildman–Crippen LogP) is -0.360. The quantitative estimate of drug-likeness (QED) is 0.386. The number of carboxylic acids is 1. The summed E-state index contributed by atoms with van der Waals surface area (Å²) in [6.45, 7) is 0. The fourth-order valence-corrected chi connectivity index (χ4v) is 0. The molecular formula is C2H4O3S2. The van der Waals surface area contributed by atoms with Gasteiger partial charge in [-0.1, -0.05) is 12.6 Å². The zero-order valence-corrected chi connectivity index (χ0v) is 5.11. The van der Waals surface area contributed by atoms with Crippen LogP contribution in [-0.2, 0) is 9.59 Å². The Bertz CT molecular complexity index is 76.9. The summed E-state index contributed by atoms with van der Waals surface area (Å²) in [5.74, 6) is -1.52. The van der Waals surface area contributed by atoms with E-state index in [0.29, 0.717) is 0 Å². The van der Waals surface area contributed by atoms with Crippen molar-refractivity contribution in [2.75, 3.05) is 0 Å². The molecule has 0 rings (SSSR count). The van der Waals surface area contributed by atoms with Crippen LogP contribution in [-0.4, -0.2) is 16.2 Å². The molecule has 7 heavy (non-hydrogen) atoms. The van der Waals surface area contributed by atoms with Crippen molar-refractivity contribution in [3.05, 3.63) is 0 Å². The molecule has 0 aliphatic heterocycles. The molecule has 0 aromatic carbocycles. The molecule has 0 atom stereocenters. The van der Waals surface area contributed by atoms with Gasteiger partial charge in [0.25, 0.3) is 5.12 Å². The first-order chi connectivity index (χ1) is 2.64. The van der Waals surface area contributed by atoms with Crippen molar-refractivity contribution in [1.82, 2.24) is 0 Å². The number of hydrogen-bond acceptors (Lipinski definition) is 2. The van der Waals surface area contributed by atoms with Gasteiger partial charge in [0.05, 0.1) is 0 Å². The summed E-state index contributed by atoms with van der Waals surface area (Å²) in [6.07, 6.45) is 0. The molecular weight excluding hydrogens is 136 g/mol. The van der Waals surface area contributed by atoms with Crippen LogP contribution in [0.5, 0.6) is 0 Å². The van der Waals surface area contributed by atoms with E-state index in [0.717, 1.165) is 0 Å². The molecule has 0 spiro atoms. The first-order valence-electron chi connectivity index (χ1n) is 1.11. The average molecular weight is 140 g/mol. The van der Waals surface area contributed by atoms with Crippen molar-refractivity contribution in [2.45, 2.75) is 0 Å². The van der Waals surface area contributed by atoms with Gasteiger partial charge in [0, 0.05) is 0 Å². The Morgan fingerprint density at radius 1 is 1.43 bits per heavy atom. The molecule has 0 fully saturated rings. The highest BCUT2D eigenvalue weighted by Crippen LogP contribution is 1.73. The van der Waals surface area contributed by atoms with E-state index in [1.54, 1.807) is 0 Å². The zero-order valence-electron chi connectivity index (χ0n) is 3.21. The molecule has 0 bridgehead atoms. The minimum atomic E-state index is -1.52. The zero-order chi connectivity index (χ0) is 5.15. The third-order valence-electron chi connectivity index (χ3n) is 0.183. The number of aliphatic carboxylic acids is 1. The summed E-state index contributed by atoms with van der Waals surface area (Å²) in [4.78, 5) is 18.7. The highest BCUT2D eigenvalue weighted by Gasteiger charge is 2.00. The Morgan fingerprint density at radius 2 is 1.57 bits per heavy atom. The largest absolute Gasteiger partial charge is 0.475 e. The minimum absolute atomic E-state index is 0. The van der Waals surface area contributed by atoms with Crippen molar-refractivity contribution in [3.8, 4) is 0 Å². The summed E-state index contributed by atoms with van der Waals surface area (Å²) in [7, 11) is 0. The Hall–Kier alpha value is -0.160. The second kappa shape index (κ2) is 4.01. The van der Waals surface area contributed by atoms with E-state index in [4.69, 9.17) is 5.11 Å². The first-order valence-corrected chi connectivity index (χ1v) is 1.55. The number of carboxylic acid groups (broad SMARTS) is 1. The van der Waals surface area contributed by atoms with Gasteiger partial charge in [-0.15, -0.1) is 0 Å². The van der Waals surface area contributed by atoms with Gasteiger partial charge in [-0.05, 0) is 0 Å². The van der Waals surface area contributed by atoms with Crippen molar-refractivity contribution in [2.24, 2.45) is 0 Å². The van der Waals surface area contributed by atoms with Crippen LogP contribution in [0.15, 0.2) is 0 Å². The molecule has 0 heterocycles. The van der Waals surface area contributed by atoms with Crippen molar-refractivity contribution < 1.29 is 14.7 Å². The maximum atomic E-state index is 9.41. The van der Waals surface area contributed by atoms with Gasteiger partial charge in [0.1, 0.15) is 0 Å². The molecule has 42 valence electrons. The molecule has 0 aromatic heterocycles. The summed E-state index contributed by atoms with van der Waals surface area (Å²) < 4.78 is 0. The molecule has 0 aliphatic carbocycles. The average Bonchev–Trinajstić information content (AvgIpc) is 1.36. The van der Waals surface area contributed by atoms with E-state index in [9.17, 15) is 9.59 Å². The van der Waals surface area contributed by atoms with Gasteiger partial charge in [-0.25, -0.2) is 4.79 Å². The number of thiol groups is 1. The van der Waals surface area contributed by atoms with Crippen LogP contribution in [0.4, 0.5) is 0 Å². The third-order valence-corrected chi connectivity index (χ3v) is 0.374. The molecule has 0 saturated carbocycles. The fraction of sp³-hybridized carbons (Fsp3) is 0. The number of carbonyl (C=O) groups excluding carboxylic acids is 1. The maximum Gasteiger partial charge on any atom is 0.383 e. The Labute approximate surface area is 52.6 Å². The number of hydrogen-bond donors (Lipinski definition) is 2. The third kappa shape index (κ3) is 5.84. The molecule has 3 nitrogen and oxygen atoms in total. The first kappa shape index (κ1) is 9.96. The second-order valence-corrected chi connectivity index (χ2v) is 1.02. The maximum absolute atomic E-state index is 9.41. The summed E-state index contributed by atoms with van der Waals surface area (Å²) in [5, 5.41) is 6.44. The van der Waals surface area contributed by atoms with Gasteiger partial charge in [-0.3, -0.25) is 4.79 Å². The second-order valence-electron chi connectivity index (χ2n) is 0.610. The molecule has 0 unspecified atom stereocenters. The van der Waals surface area contributed by atoms with Gasteiger partial charge in [-0.2, -0.15) is 13.5 Å². The molecule has 5 heteroatoms. The van der Waals surface area contributed by atoms with Crippen LogP contribution in [0, 0.1) is 0 Å². The number of rotatable bonds is 1. The van der Waals surface area contributed by atoms with Crippen molar-refractivity contribution in [3.63, 3.8) is 0 Å². The molecule has 0 amide bonds.